The Morgan fingerprint density at radius 2 is 1.70 bits per heavy atom. The van der Waals surface area contributed by atoms with Gasteiger partial charge < -0.3 is 20.5 Å². The monoisotopic (exact) mass is 597 g/mol. The zero-order valence-corrected chi connectivity index (χ0v) is 26.8. The summed E-state index contributed by atoms with van der Waals surface area (Å²) in [5.41, 5.74) is 1.69. The second-order valence-electron chi connectivity index (χ2n) is 14.0. The van der Waals surface area contributed by atoms with Gasteiger partial charge in [-0.05, 0) is 80.3 Å². The smallest absolute Gasteiger partial charge is 0.237 e. The first-order valence-corrected chi connectivity index (χ1v) is 16.5. The van der Waals surface area contributed by atoms with Crippen LogP contribution in [0.1, 0.15) is 64.9 Å². The number of fused-ring (bicyclic) bond motifs is 2. The maximum absolute atomic E-state index is 13.5. The summed E-state index contributed by atoms with van der Waals surface area (Å²) >= 11 is 0. The lowest BCUT2D eigenvalue weighted by Gasteiger charge is -2.47. The Morgan fingerprint density at radius 1 is 1.00 bits per heavy atom. The van der Waals surface area contributed by atoms with E-state index in [-0.39, 0.29) is 23.5 Å². The van der Waals surface area contributed by atoms with Crippen LogP contribution in [0.15, 0.2) is 85.1 Å². The zero-order valence-electron chi connectivity index (χ0n) is 26.8. The first-order valence-electron chi connectivity index (χ1n) is 16.5. The third-order valence-electron chi connectivity index (χ3n) is 9.27. The Bertz CT molecular complexity index is 1380. The molecule has 0 bridgehead atoms. The summed E-state index contributed by atoms with van der Waals surface area (Å²) in [6.07, 6.45) is 6.40. The Labute approximate surface area is 263 Å². The Balaban J connectivity index is 1.24. The molecule has 2 fully saturated rings. The average Bonchev–Trinajstić information content (AvgIpc) is 3.00. The van der Waals surface area contributed by atoms with Crippen LogP contribution in [0, 0.1) is 11.8 Å². The topological polar surface area (TPSA) is 73.8 Å². The SMILES string of the molecule is C=C(CCOc1ccc2ccccc2c1)NC(Cc1ccccc1)C(O)CN1CC2CCCCC2CC1C(=O)NC(C)(C)C. The van der Waals surface area contributed by atoms with Gasteiger partial charge in [0.05, 0.1) is 24.8 Å². The highest BCUT2D eigenvalue weighted by Crippen LogP contribution is 2.39. The molecular weight excluding hydrogens is 546 g/mol. The Kier molecular flexibility index (Phi) is 10.7. The Hall–Kier alpha value is -3.35. The summed E-state index contributed by atoms with van der Waals surface area (Å²) in [5, 5.41) is 20.9. The minimum Gasteiger partial charge on any atom is -0.493 e. The molecule has 5 unspecified atom stereocenters. The molecule has 0 aromatic heterocycles. The molecule has 2 aliphatic rings. The predicted molar refractivity (Wildman–Crippen MR) is 180 cm³/mol. The summed E-state index contributed by atoms with van der Waals surface area (Å²) in [6.45, 7) is 12.2. The van der Waals surface area contributed by atoms with E-state index in [0.717, 1.165) is 35.4 Å². The number of carbonyl (C=O) groups is 1. The number of ether oxygens (including phenoxy) is 1. The number of benzene rings is 3. The van der Waals surface area contributed by atoms with Crippen molar-refractivity contribution in [3.8, 4) is 5.75 Å². The number of aliphatic hydroxyl groups excluding tert-OH is 1. The number of hydrogen-bond donors (Lipinski definition) is 3. The molecule has 6 nitrogen and oxygen atoms in total. The van der Waals surface area contributed by atoms with Crippen LogP contribution in [0.3, 0.4) is 0 Å². The molecule has 3 aromatic rings. The molecule has 1 amide bonds. The predicted octanol–water partition coefficient (Wildman–Crippen LogP) is 6.48. The van der Waals surface area contributed by atoms with Gasteiger partial charge in [0.1, 0.15) is 5.75 Å². The number of hydrogen-bond acceptors (Lipinski definition) is 5. The molecule has 3 aromatic carbocycles. The fourth-order valence-electron chi connectivity index (χ4n) is 7.03. The summed E-state index contributed by atoms with van der Waals surface area (Å²) in [4.78, 5) is 15.8. The standard InChI is InChI=1S/C38H51N3O3/c1-27(20-21-44-33-19-18-29-14-8-9-15-30(29)23-33)39-34(22-28-12-6-5-7-13-28)36(42)26-41-25-32-17-11-10-16-31(32)24-35(41)37(43)40-38(2,3)4/h5-9,12-15,18-19,23,31-32,34-36,39,42H,1,10-11,16-17,20-22,24-26H2,2-4H3,(H,40,43). The van der Waals surface area contributed by atoms with Gasteiger partial charge in [0.2, 0.25) is 5.91 Å². The first-order chi connectivity index (χ1) is 21.1. The van der Waals surface area contributed by atoms with Gasteiger partial charge in [0.25, 0.3) is 0 Å². The zero-order chi connectivity index (χ0) is 31.1. The third kappa shape index (κ3) is 8.86. The largest absolute Gasteiger partial charge is 0.493 e. The van der Waals surface area contributed by atoms with E-state index in [4.69, 9.17) is 4.74 Å². The van der Waals surface area contributed by atoms with Crippen LogP contribution in [0.4, 0.5) is 0 Å². The molecule has 1 saturated carbocycles. The van der Waals surface area contributed by atoms with E-state index >= 15 is 0 Å². The van der Waals surface area contributed by atoms with Gasteiger partial charge in [-0.2, -0.15) is 0 Å². The highest BCUT2D eigenvalue weighted by Gasteiger charge is 2.41. The second-order valence-corrected chi connectivity index (χ2v) is 14.0. The molecule has 5 atom stereocenters. The number of amides is 1. The van der Waals surface area contributed by atoms with Crippen molar-refractivity contribution in [3.05, 3.63) is 90.6 Å². The van der Waals surface area contributed by atoms with E-state index in [1.165, 1.54) is 31.1 Å². The van der Waals surface area contributed by atoms with Crippen molar-refractivity contribution in [1.82, 2.24) is 15.5 Å². The fraction of sp³-hybridized carbons (Fsp3) is 0.500. The quantitative estimate of drug-likeness (QED) is 0.223. The summed E-state index contributed by atoms with van der Waals surface area (Å²) in [5.74, 6) is 2.10. The number of aliphatic hydroxyl groups is 1. The van der Waals surface area contributed by atoms with Crippen LogP contribution in [0.5, 0.6) is 5.75 Å². The Morgan fingerprint density at radius 3 is 2.45 bits per heavy atom. The van der Waals surface area contributed by atoms with Crippen molar-refractivity contribution >= 4 is 16.7 Å². The average molecular weight is 598 g/mol. The molecule has 1 aliphatic carbocycles. The second kappa shape index (κ2) is 14.6. The lowest BCUT2D eigenvalue weighted by atomic mass is 9.72. The van der Waals surface area contributed by atoms with Crippen LogP contribution in [0.25, 0.3) is 10.8 Å². The first kappa shape index (κ1) is 32.1. The number of piperidine rings is 1. The van der Waals surface area contributed by atoms with Crippen molar-refractivity contribution in [2.45, 2.75) is 89.4 Å². The maximum atomic E-state index is 13.5. The van der Waals surface area contributed by atoms with Gasteiger partial charge in [-0.25, -0.2) is 0 Å². The van der Waals surface area contributed by atoms with Gasteiger partial charge in [-0.1, -0.05) is 86.5 Å². The third-order valence-corrected chi connectivity index (χ3v) is 9.27. The van der Waals surface area contributed by atoms with E-state index in [0.29, 0.717) is 37.8 Å². The van der Waals surface area contributed by atoms with E-state index < -0.39 is 6.10 Å². The highest BCUT2D eigenvalue weighted by molar-refractivity contribution is 5.84. The fourth-order valence-corrected chi connectivity index (χ4v) is 7.03. The van der Waals surface area contributed by atoms with Crippen LogP contribution in [-0.4, -0.2) is 59.3 Å². The van der Waals surface area contributed by atoms with Crippen molar-refractivity contribution in [3.63, 3.8) is 0 Å². The summed E-state index contributed by atoms with van der Waals surface area (Å²) in [6, 6.07) is 24.2. The van der Waals surface area contributed by atoms with E-state index in [2.05, 4.69) is 58.5 Å². The normalized spacial score (nSPS) is 22.0. The molecule has 0 spiro atoms. The molecule has 3 N–H and O–H groups in total. The highest BCUT2D eigenvalue weighted by atomic mass is 16.5. The number of nitrogens with one attached hydrogen (secondary N) is 2. The van der Waals surface area contributed by atoms with Crippen LogP contribution in [-0.2, 0) is 11.2 Å². The molecule has 5 rings (SSSR count). The van der Waals surface area contributed by atoms with Crippen molar-refractivity contribution in [1.29, 1.82) is 0 Å². The maximum Gasteiger partial charge on any atom is 0.237 e. The van der Waals surface area contributed by atoms with Gasteiger partial charge in [0, 0.05) is 30.7 Å². The van der Waals surface area contributed by atoms with Crippen LogP contribution in [0.2, 0.25) is 0 Å². The van der Waals surface area contributed by atoms with Gasteiger partial charge in [0.15, 0.2) is 0 Å². The van der Waals surface area contributed by atoms with Gasteiger partial charge >= 0.3 is 0 Å². The minimum absolute atomic E-state index is 0.0801. The summed E-state index contributed by atoms with van der Waals surface area (Å²) < 4.78 is 6.08. The molecule has 0 radical (unpaired) electrons. The van der Waals surface area contributed by atoms with Crippen molar-refractivity contribution < 1.29 is 14.6 Å². The van der Waals surface area contributed by atoms with Gasteiger partial charge in [-0.15, -0.1) is 0 Å². The minimum atomic E-state index is -0.682. The van der Waals surface area contributed by atoms with Crippen molar-refractivity contribution in [2.75, 3.05) is 19.7 Å². The number of likely N-dealkylation sites (tertiary alicyclic amines) is 1. The molecule has 1 heterocycles. The van der Waals surface area contributed by atoms with Crippen LogP contribution < -0.4 is 15.4 Å². The number of nitrogens with zero attached hydrogens (tertiary/aromatic N) is 1. The van der Waals surface area contributed by atoms with Crippen LogP contribution >= 0.6 is 0 Å². The van der Waals surface area contributed by atoms with E-state index in [1.54, 1.807) is 0 Å². The molecule has 1 saturated heterocycles. The van der Waals surface area contributed by atoms with E-state index in [1.807, 2.05) is 57.2 Å². The molecular formula is C38H51N3O3. The molecule has 44 heavy (non-hydrogen) atoms. The molecule has 236 valence electrons. The number of carbonyl (C=O) groups excluding carboxylic acids is 1. The number of rotatable bonds is 12. The number of β-amino-alcohol motifs (C(OH)–C–C–N with tert-alkyl or cyclic N) is 1. The lowest BCUT2D eigenvalue weighted by molar-refractivity contribution is -0.132. The molecule has 1 aliphatic heterocycles. The summed E-state index contributed by atoms with van der Waals surface area (Å²) in [7, 11) is 0. The van der Waals surface area contributed by atoms with Crippen molar-refractivity contribution in [2.24, 2.45) is 11.8 Å². The molecule has 6 heteroatoms. The van der Waals surface area contributed by atoms with E-state index in [9.17, 15) is 9.90 Å². The van der Waals surface area contributed by atoms with Gasteiger partial charge in [-0.3, -0.25) is 9.69 Å². The lowest BCUT2D eigenvalue weighted by Crippen LogP contribution is -2.60.